The Morgan fingerprint density at radius 1 is 1.00 bits per heavy atom. The van der Waals surface area contributed by atoms with Gasteiger partial charge in [0.1, 0.15) is 0 Å². The van der Waals surface area contributed by atoms with Gasteiger partial charge in [0.15, 0.2) is 17.5 Å². The SMILES string of the molecule is Fc1cc(-c2cccc3c2CCN3)cc(F)c1F. The lowest BCUT2D eigenvalue weighted by Crippen LogP contribution is -1.93. The van der Waals surface area contributed by atoms with E-state index in [1.165, 1.54) is 0 Å². The summed E-state index contributed by atoms with van der Waals surface area (Å²) in [6.45, 7) is 0.804. The minimum Gasteiger partial charge on any atom is -0.384 e. The Kier molecular flexibility index (Phi) is 2.51. The van der Waals surface area contributed by atoms with Crippen LogP contribution in [0.2, 0.25) is 0 Å². The van der Waals surface area contributed by atoms with Crippen LogP contribution < -0.4 is 5.32 Å². The van der Waals surface area contributed by atoms with E-state index >= 15 is 0 Å². The van der Waals surface area contributed by atoms with E-state index in [2.05, 4.69) is 5.32 Å². The third kappa shape index (κ3) is 1.65. The van der Waals surface area contributed by atoms with E-state index in [0.717, 1.165) is 41.9 Å². The second kappa shape index (κ2) is 4.05. The van der Waals surface area contributed by atoms with Gasteiger partial charge < -0.3 is 5.32 Å². The van der Waals surface area contributed by atoms with Crippen molar-refractivity contribution in [3.05, 3.63) is 53.3 Å². The highest BCUT2D eigenvalue weighted by atomic mass is 19.2. The molecule has 1 nitrogen and oxygen atoms in total. The Balaban J connectivity index is 2.19. The van der Waals surface area contributed by atoms with Crippen molar-refractivity contribution >= 4 is 5.69 Å². The molecular weight excluding hydrogens is 239 g/mol. The topological polar surface area (TPSA) is 12.0 Å². The zero-order valence-corrected chi connectivity index (χ0v) is 9.43. The van der Waals surface area contributed by atoms with Crippen molar-refractivity contribution < 1.29 is 13.2 Å². The summed E-state index contributed by atoms with van der Waals surface area (Å²) in [7, 11) is 0. The number of benzene rings is 2. The maximum Gasteiger partial charge on any atom is 0.194 e. The highest BCUT2D eigenvalue weighted by Gasteiger charge is 2.17. The Hall–Kier alpha value is -1.97. The van der Waals surface area contributed by atoms with Crippen LogP contribution in [0.15, 0.2) is 30.3 Å². The molecule has 2 aromatic carbocycles. The van der Waals surface area contributed by atoms with E-state index in [0.29, 0.717) is 5.56 Å². The average Bonchev–Trinajstić information content (AvgIpc) is 2.83. The summed E-state index contributed by atoms with van der Waals surface area (Å²) in [5, 5.41) is 3.19. The van der Waals surface area contributed by atoms with Crippen LogP contribution in [0.1, 0.15) is 5.56 Å². The molecule has 0 radical (unpaired) electrons. The van der Waals surface area contributed by atoms with Crippen molar-refractivity contribution in [2.45, 2.75) is 6.42 Å². The van der Waals surface area contributed by atoms with Crippen molar-refractivity contribution in [3.8, 4) is 11.1 Å². The Bertz CT molecular complexity index is 599. The number of hydrogen-bond acceptors (Lipinski definition) is 1. The van der Waals surface area contributed by atoms with Crippen molar-refractivity contribution in [3.63, 3.8) is 0 Å². The zero-order chi connectivity index (χ0) is 12.7. The third-order valence-electron chi connectivity index (χ3n) is 3.16. The molecule has 92 valence electrons. The molecule has 1 aliphatic heterocycles. The van der Waals surface area contributed by atoms with Crippen molar-refractivity contribution in [2.24, 2.45) is 0 Å². The quantitative estimate of drug-likeness (QED) is 0.759. The van der Waals surface area contributed by atoms with Crippen LogP contribution in [-0.2, 0) is 6.42 Å². The summed E-state index contributed by atoms with van der Waals surface area (Å²) in [6, 6.07) is 7.59. The third-order valence-corrected chi connectivity index (χ3v) is 3.16. The smallest absolute Gasteiger partial charge is 0.194 e. The summed E-state index contributed by atoms with van der Waals surface area (Å²) in [4.78, 5) is 0. The first kappa shape index (κ1) is 11.1. The Morgan fingerprint density at radius 3 is 2.44 bits per heavy atom. The van der Waals surface area contributed by atoms with Crippen LogP contribution >= 0.6 is 0 Å². The molecule has 3 rings (SSSR count). The molecule has 1 heterocycles. The minimum atomic E-state index is -1.43. The first-order chi connectivity index (χ1) is 8.66. The normalized spacial score (nSPS) is 13.3. The van der Waals surface area contributed by atoms with Gasteiger partial charge in [-0.2, -0.15) is 0 Å². The lowest BCUT2D eigenvalue weighted by Gasteiger charge is -2.09. The number of nitrogens with one attached hydrogen (secondary N) is 1. The van der Waals surface area contributed by atoms with Crippen LogP contribution in [-0.4, -0.2) is 6.54 Å². The fraction of sp³-hybridized carbons (Fsp3) is 0.143. The second-order valence-corrected chi connectivity index (χ2v) is 4.26. The van der Waals surface area contributed by atoms with Crippen LogP contribution in [0.4, 0.5) is 18.9 Å². The van der Waals surface area contributed by atoms with Crippen LogP contribution in [0, 0.1) is 17.5 Å². The largest absolute Gasteiger partial charge is 0.384 e. The Morgan fingerprint density at radius 2 is 1.72 bits per heavy atom. The van der Waals surface area contributed by atoms with Crippen molar-refractivity contribution in [1.82, 2.24) is 0 Å². The number of rotatable bonds is 1. The van der Waals surface area contributed by atoms with Gasteiger partial charge in [0, 0.05) is 12.2 Å². The molecule has 0 saturated heterocycles. The highest BCUT2D eigenvalue weighted by molar-refractivity contribution is 5.75. The number of hydrogen-bond donors (Lipinski definition) is 1. The standard InChI is InChI=1S/C14H10F3N/c15-11-6-8(7-12(16)14(11)17)9-2-1-3-13-10(9)4-5-18-13/h1-3,6-7,18H,4-5H2. The van der Waals surface area contributed by atoms with Gasteiger partial charge in [0.2, 0.25) is 0 Å². The van der Waals surface area contributed by atoms with Crippen molar-refractivity contribution in [2.75, 3.05) is 11.9 Å². The molecule has 0 atom stereocenters. The molecule has 18 heavy (non-hydrogen) atoms. The molecular formula is C14H10F3N. The summed E-state index contributed by atoms with van der Waals surface area (Å²) < 4.78 is 39.4. The fourth-order valence-electron chi connectivity index (χ4n) is 2.33. The number of halogens is 3. The maximum absolute atomic E-state index is 13.2. The second-order valence-electron chi connectivity index (χ2n) is 4.26. The Labute approximate surface area is 102 Å². The number of fused-ring (bicyclic) bond motifs is 1. The summed E-state index contributed by atoms with van der Waals surface area (Å²) in [5.41, 5.74) is 3.10. The van der Waals surface area contributed by atoms with Gasteiger partial charge in [0.05, 0.1) is 0 Å². The summed E-state index contributed by atoms with van der Waals surface area (Å²) in [5.74, 6) is -3.74. The van der Waals surface area contributed by atoms with Crippen LogP contribution in [0.3, 0.4) is 0 Å². The van der Waals surface area contributed by atoms with Gasteiger partial charge in [-0.3, -0.25) is 0 Å². The molecule has 0 amide bonds. The molecule has 0 fully saturated rings. The molecule has 2 aromatic rings. The first-order valence-corrected chi connectivity index (χ1v) is 5.67. The molecule has 0 unspecified atom stereocenters. The van der Waals surface area contributed by atoms with Crippen LogP contribution in [0.25, 0.3) is 11.1 Å². The van der Waals surface area contributed by atoms with Gasteiger partial charge in [-0.25, -0.2) is 13.2 Å². The summed E-state index contributed by atoms with van der Waals surface area (Å²) >= 11 is 0. The summed E-state index contributed by atoms with van der Waals surface area (Å²) in [6.07, 6.45) is 0.798. The molecule has 1 aliphatic rings. The highest BCUT2D eigenvalue weighted by Crippen LogP contribution is 2.33. The molecule has 0 aliphatic carbocycles. The van der Waals surface area contributed by atoms with E-state index in [9.17, 15) is 13.2 Å². The zero-order valence-electron chi connectivity index (χ0n) is 9.43. The monoisotopic (exact) mass is 249 g/mol. The van der Waals surface area contributed by atoms with Gasteiger partial charge in [-0.1, -0.05) is 12.1 Å². The van der Waals surface area contributed by atoms with E-state index in [4.69, 9.17) is 0 Å². The van der Waals surface area contributed by atoms with E-state index in [-0.39, 0.29) is 0 Å². The van der Waals surface area contributed by atoms with Gasteiger partial charge >= 0.3 is 0 Å². The van der Waals surface area contributed by atoms with E-state index in [1.807, 2.05) is 12.1 Å². The van der Waals surface area contributed by atoms with E-state index in [1.54, 1.807) is 6.07 Å². The molecule has 4 heteroatoms. The molecule has 0 aromatic heterocycles. The molecule has 0 saturated carbocycles. The molecule has 0 spiro atoms. The maximum atomic E-state index is 13.2. The molecule has 1 N–H and O–H groups in total. The van der Waals surface area contributed by atoms with Gasteiger partial charge in [-0.15, -0.1) is 0 Å². The van der Waals surface area contributed by atoms with Gasteiger partial charge in [0.25, 0.3) is 0 Å². The predicted octanol–water partition coefficient (Wildman–Crippen LogP) is 3.74. The minimum absolute atomic E-state index is 0.368. The fourth-order valence-corrected chi connectivity index (χ4v) is 2.33. The van der Waals surface area contributed by atoms with Gasteiger partial charge in [-0.05, 0) is 41.3 Å². The average molecular weight is 249 g/mol. The van der Waals surface area contributed by atoms with E-state index < -0.39 is 17.5 Å². The van der Waals surface area contributed by atoms with Crippen LogP contribution in [0.5, 0.6) is 0 Å². The lowest BCUT2D eigenvalue weighted by atomic mass is 9.97. The predicted molar refractivity (Wildman–Crippen MR) is 63.9 cm³/mol. The lowest BCUT2D eigenvalue weighted by molar-refractivity contribution is 0.447. The number of anilines is 1. The van der Waals surface area contributed by atoms with Crippen molar-refractivity contribution in [1.29, 1.82) is 0 Å². The molecule has 0 bridgehead atoms. The first-order valence-electron chi connectivity index (χ1n) is 5.67.